The van der Waals surface area contributed by atoms with Gasteiger partial charge in [-0.15, -0.1) is 0 Å². The SMILES string of the molecule is CC(C)(N)[C@H](NC(=O)c1ccc(/C=C/C#Cc2ccc(CCC3CC3)cc2)cc1)C(=O)NO. The van der Waals surface area contributed by atoms with Crippen LogP contribution in [0.1, 0.15) is 60.2 Å². The first-order valence-electron chi connectivity index (χ1n) is 11.2. The Labute approximate surface area is 195 Å². The zero-order valence-corrected chi connectivity index (χ0v) is 19.1. The van der Waals surface area contributed by atoms with Gasteiger partial charge >= 0.3 is 0 Å². The smallest absolute Gasteiger partial charge is 0.267 e. The molecule has 2 amide bonds. The molecule has 33 heavy (non-hydrogen) atoms. The number of nitrogens with two attached hydrogens (primary N) is 1. The molecular weight excluding hydrogens is 414 g/mol. The fourth-order valence-electron chi connectivity index (χ4n) is 3.41. The summed E-state index contributed by atoms with van der Waals surface area (Å²) in [5.74, 6) is 5.88. The van der Waals surface area contributed by atoms with Gasteiger partial charge in [0.05, 0.1) is 0 Å². The minimum absolute atomic E-state index is 0.375. The van der Waals surface area contributed by atoms with Gasteiger partial charge in [-0.1, -0.05) is 48.9 Å². The van der Waals surface area contributed by atoms with Gasteiger partial charge in [-0.2, -0.15) is 0 Å². The van der Waals surface area contributed by atoms with Crippen molar-refractivity contribution in [2.45, 2.75) is 51.1 Å². The van der Waals surface area contributed by atoms with Crippen molar-refractivity contribution in [3.63, 3.8) is 0 Å². The van der Waals surface area contributed by atoms with Crippen molar-refractivity contribution in [3.05, 3.63) is 76.9 Å². The van der Waals surface area contributed by atoms with Gasteiger partial charge in [0.25, 0.3) is 11.8 Å². The highest BCUT2D eigenvalue weighted by atomic mass is 16.5. The van der Waals surface area contributed by atoms with Crippen molar-refractivity contribution in [3.8, 4) is 11.8 Å². The van der Waals surface area contributed by atoms with E-state index >= 15 is 0 Å². The molecule has 2 aromatic carbocycles. The van der Waals surface area contributed by atoms with Gasteiger partial charge in [0, 0.05) is 16.7 Å². The lowest BCUT2D eigenvalue weighted by Gasteiger charge is -2.29. The van der Waals surface area contributed by atoms with Gasteiger partial charge in [-0.25, -0.2) is 5.48 Å². The van der Waals surface area contributed by atoms with Gasteiger partial charge in [0.1, 0.15) is 6.04 Å². The zero-order valence-electron chi connectivity index (χ0n) is 19.1. The lowest BCUT2D eigenvalue weighted by Crippen LogP contribution is -2.61. The predicted molar refractivity (Wildman–Crippen MR) is 129 cm³/mol. The summed E-state index contributed by atoms with van der Waals surface area (Å²) in [7, 11) is 0. The lowest BCUT2D eigenvalue weighted by atomic mass is 9.95. The van der Waals surface area contributed by atoms with E-state index in [9.17, 15) is 9.59 Å². The highest BCUT2D eigenvalue weighted by Crippen LogP contribution is 2.33. The number of rotatable bonds is 8. The summed E-state index contributed by atoms with van der Waals surface area (Å²) in [4.78, 5) is 24.3. The number of carbonyl (C=O) groups is 2. The quantitative estimate of drug-likeness (QED) is 0.284. The van der Waals surface area contributed by atoms with E-state index in [-0.39, 0.29) is 0 Å². The molecule has 172 valence electrons. The number of nitrogens with one attached hydrogen (secondary N) is 2. The first kappa shape index (κ1) is 24.2. The summed E-state index contributed by atoms with van der Waals surface area (Å²) in [6, 6.07) is 14.2. The van der Waals surface area contributed by atoms with Gasteiger partial charge in [-0.3, -0.25) is 14.8 Å². The second-order valence-corrected chi connectivity index (χ2v) is 9.11. The lowest BCUT2D eigenvalue weighted by molar-refractivity contribution is -0.132. The number of hydrogen-bond acceptors (Lipinski definition) is 4. The molecule has 0 unspecified atom stereocenters. The van der Waals surface area contributed by atoms with Crippen molar-refractivity contribution in [2.75, 3.05) is 0 Å². The second-order valence-electron chi connectivity index (χ2n) is 9.11. The summed E-state index contributed by atoms with van der Waals surface area (Å²) in [5.41, 5.74) is 10.0. The molecule has 0 aliphatic heterocycles. The molecular formula is C27H31N3O3. The van der Waals surface area contributed by atoms with Crippen LogP contribution in [0.5, 0.6) is 0 Å². The predicted octanol–water partition coefficient (Wildman–Crippen LogP) is 3.44. The van der Waals surface area contributed by atoms with E-state index in [0.717, 1.165) is 23.5 Å². The monoisotopic (exact) mass is 445 g/mol. The molecule has 6 heteroatoms. The number of hydroxylamine groups is 1. The Morgan fingerprint density at radius 1 is 1.15 bits per heavy atom. The Balaban J connectivity index is 1.54. The van der Waals surface area contributed by atoms with E-state index in [0.29, 0.717) is 5.56 Å². The third-order valence-electron chi connectivity index (χ3n) is 5.63. The summed E-state index contributed by atoms with van der Waals surface area (Å²) in [6.07, 6.45) is 8.85. The maximum atomic E-state index is 12.5. The maximum Gasteiger partial charge on any atom is 0.267 e. The van der Waals surface area contributed by atoms with Crippen LogP contribution in [0.2, 0.25) is 0 Å². The maximum absolute atomic E-state index is 12.5. The Bertz CT molecular complexity index is 1050. The van der Waals surface area contributed by atoms with E-state index in [2.05, 4.69) is 41.4 Å². The molecule has 1 fully saturated rings. The van der Waals surface area contributed by atoms with E-state index in [1.165, 1.54) is 30.3 Å². The zero-order chi connectivity index (χ0) is 23.8. The van der Waals surface area contributed by atoms with Crippen molar-refractivity contribution in [2.24, 2.45) is 11.7 Å². The van der Waals surface area contributed by atoms with Crippen LogP contribution in [0.25, 0.3) is 6.08 Å². The molecule has 1 aliphatic carbocycles. The van der Waals surface area contributed by atoms with Crippen molar-refractivity contribution in [1.29, 1.82) is 0 Å². The minimum atomic E-state index is -1.09. The van der Waals surface area contributed by atoms with Gasteiger partial charge in [-0.05, 0) is 80.2 Å². The molecule has 5 N–H and O–H groups in total. The summed E-state index contributed by atoms with van der Waals surface area (Å²) >= 11 is 0. The van der Waals surface area contributed by atoms with Crippen LogP contribution < -0.4 is 16.5 Å². The molecule has 1 saturated carbocycles. The summed E-state index contributed by atoms with van der Waals surface area (Å²) < 4.78 is 0. The molecule has 0 aromatic heterocycles. The fourth-order valence-corrected chi connectivity index (χ4v) is 3.41. The van der Waals surface area contributed by atoms with Crippen LogP contribution in [-0.4, -0.2) is 28.6 Å². The third kappa shape index (κ3) is 7.60. The highest BCUT2D eigenvalue weighted by molar-refractivity contribution is 5.98. The minimum Gasteiger partial charge on any atom is -0.338 e. The first-order chi connectivity index (χ1) is 15.8. The molecule has 6 nitrogen and oxygen atoms in total. The normalized spacial score (nSPS) is 14.3. The van der Waals surface area contributed by atoms with E-state index in [1.54, 1.807) is 44.2 Å². The van der Waals surface area contributed by atoms with Crippen molar-refractivity contribution >= 4 is 17.9 Å². The van der Waals surface area contributed by atoms with Crippen LogP contribution in [0.4, 0.5) is 0 Å². The highest BCUT2D eigenvalue weighted by Gasteiger charge is 2.33. The Hall–Kier alpha value is -3.40. The second kappa shape index (κ2) is 11.0. The van der Waals surface area contributed by atoms with Crippen LogP contribution in [-0.2, 0) is 11.2 Å². The number of allylic oxidation sites excluding steroid dienone is 1. The molecule has 0 bridgehead atoms. The molecule has 1 aliphatic rings. The Morgan fingerprint density at radius 2 is 1.82 bits per heavy atom. The largest absolute Gasteiger partial charge is 0.338 e. The summed E-state index contributed by atoms with van der Waals surface area (Å²) in [5, 5.41) is 11.5. The molecule has 2 aromatic rings. The molecule has 0 radical (unpaired) electrons. The summed E-state index contributed by atoms with van der Waals surface area (Å²) in [6.45, 7) is 3.18. The standard InChI is InChI=1S/C27H31N3O3/c1-27(2,28)24(26(32)30-33)29-25(31)23-17-15-20(16-18-23)6-4-3-5-19-7-9-21(10-8-19)11-12-22-13-14-22/h4,6-10,15-18,22,24,33H,11-14,28H2,1-2H3,(H,29,31)(H,30,32)/b6-4+/t24-/m1/s1. The number of carbonyl (C=O) groups excluding carboxylic acids is 2. The van der Waals surface area contributed by atoms with Crippen molar-refractivity contribution in [1.82, 2.24) is 10.8 Å². The van der Waals surface area contributed by atoms with Crippen molar-refractivity contribution < 1.29 is 14.8 Å². The third-order valence-corrected chi connectivity index (χ3v) is 5.63. The first-order valence-corrected chi connectivity index (χ1v) is 11.2. The number of benzene rings is 2. The van der Waals surface area contributed by atoms with Crippen LogP contribution in [0.3, 0.4) is 0 Å². The van der Waals surface area contributed by atoms with E-state index in [1.807, 2.05) is 6.08 Å². The average Bonchev–Trinajstić information content (AvgIpc) is 3.63. The van der Waals surface area contributed by atoms with Crippen LogP contribution in [0.15, 0.2) is 54.6 Å². The molecule has 0 spiro atoms. The van der Waals surface area contributed by atoms with E-state index < -0.39 is 23.4 Å². The number of aryl methyl sites for hydroxylation is 1. The molecule has 1 atom stereocenters. The van der Waals surface area contributed by atoms with Crippen LogP contribution in [0, 0.1) is 17.8 Å². The van der Waals surface area contributed by atoms with Crippen LogP contribution >= 0.6 is 0 Å². The van der Waals surface area contributed by atoms with E-state index in [4.69, 9.17) is 10.9 Å². The molecule has 3 rings (SSSR count). The van der Waals surface area contributed by atoms with Gasteiger partial charge < -0.3 is 11.1 Å². The average molecular weight is 446 g/mol. The Kier molecular flexibility index (Phi) is 8.05. The molecule has 0 saturated heterocycles. The van der Waals surface area contributed by atoms with Gasteiger partial charge in [0.2, 0.25) is 0 Å². The Morgan fingerprint density at radius 3 is 2.39 bits per heavy atom. The number of hydrogen-bond donors (Lipinski definition) is 4. The topological polar surface area (TPSA) is 104 Å². The molecule has 0 heterocycles. The number of amides is 2. The fraction of sp³-hybridized carbons (Fsp3) is 0.333. The van der Waals surface area contributed by atoms with Gasteiger partial charge in [0.15, 0.2) is 0 Å².